The van der Waals surface area contributed by atoms with Gasteiger partial charge in [0.2, 0.25) is 0 Å². The Morgan fingerprint density at radius 1 is 1.24 bits per heavy atom. The smallest absolute Gasteiger partial charge is 0.337 e. The lowest BCUT2D eigenvalue weighted by atomic mass is 10.1. The molecule has 0 aliphatic carbocycles. The van der Waals surface area contributed by atoms with Gasteiger partial charge in [0.1, 0.15) is 12.4 Å². The van der Waals surface area contributed by atoms with Crippen molar-refractivity contribution in [1.82, 2.24) is 0 Å². The highest BCUT2D eigenvalue weighted by atomic mass is 16.5. The van der Waals surface area contributed by atoms with Crippen LogP contribution < -0.4 is 4.74 Å². The number of ether oxygens (including phenoxy) is 3. The van der Waals surface area contributed by atoms with Gasteiger partial charge >= 0.3 is 11.9 Å². The van der Waals surface area contributed by atoms with E-state index in [9.17, 15) is 9.59 Å². The second-order valence-electron chi connectivity index (χ2n) is 3.30. The predicted molar refractivity (Wildman–Crippen MR) is 59.8 cm³/mol. The van der Waals surface area contributed by atoms with Crippen molar-refractivity contribution in [3.05, 3.63) is 29.3 Å². The van der Waals surface area contributed by atoms with Crippen molar-refractivity contribution >= 4 is 11.9 Å². The number of hydrogen-bond donors (Lipinski definition) is 0. The largest absolute Gasteiger partial charge is 0.496 e. The first-order valence-electron chi connectivity index (χ1n) is 4.97. The topological polar surface area (TPSA) is 61.8 Å². The molecule has 17 heavy (non-hydrogen) atoms. The Balaban J connectivity index is 2.93. The highest BCUT2D eigenvalue weighted by molar-refractivity contribution is 5.89. The van der Waals surface area contributed by atoms with Crippen molar-refractivity contribution < 1.29 is 23.8 Å². The minimum absolute atomic E-state index is 0.111. The lowest BCUT2D eigenvalue weighted by Crippen LogP contribution is -2.04. The molecule has 0 unspecified atom stereocenters. The number of carbonyl (C=O) groups excluding carboxylic acids is 2. The molecule has 5 heteroatoms. The summed E-state index contributed by atoms with van der Waals surface area (Å²) < 4.78 is 14.6. The summed E-state index contributed by atoms with van der Waals surface area (Å²) >= 11 is 0. The third kappa shape index (κ3) is 3.48. The van der Waals surface area contributed by atoms with Gasteiger partial charge in [0, 0.05) is 12.5 Å². The summed E-state index contributed by atoms with van der Waals surface area (Å²) in [6, 6.07) is 4.80. The maximum absolute atomic E-state index is 11.3. The monoisotopic (exact) mass is 238 g/mol. The van der Waals surface area contributed by atoms with E-state index >= 15 is 0 Å². The normalized spacial score (nSPS) is 9.59. The fourth-order valence-electron chi connectivity index (χ4n) is 1.29. The number of esters is 2. The van der Waals surface area contributed by atoms with E-state index in [0.717, 1.165) is 0 Å². The molecule has 0 saturated carbocycles. The van der Waals surface area contributed by atoms with Gasteiger partial charge in [-0.1, -0.05) is 6.07 Å². The Kier molecular flexibility index (Phi) is 4.51. The SMILES string of the molecule is COC(=O)c1ccc(COC(C)=O)c(OC)c1. The van der Waals surface area contributed by atoms with Crippen molar-refractivity contribution in [3.63, 3.8) is 0 Å². The van der Waals surface area contributed by atoms with Gasteiger partial charge in [0.25, 0.3) is 0 Å². The van der Waals surface area contributed by atoms with E-state index in [4.69, 9.17) is 9.47 Å². The van der Waals surface area contributed by atoms with Gasteiger partial charge in [0.05, 0.1) is 19.8 Å². The number of benzene rings is 1. The Morgan fingerprint density at radius 3 is 2.47 bits per heavy atom. The third-order valence-corrected chi connectivity index (χ3v) is 2.14. The molecule has 0 aliphatic rings. The average Bonchev–Trinajstić information content (AvgIpc) is 2.34. The molecule has 0 aliphatic heterocycles. The Labute approximate surface area is 99.3 Å². The van der Waals surface area contributed by atoms with E-state index in [0.29, 0.717) is 16.9 Å². The zero-order chi connectivity index (χ0) is 12.8. The fraction of sp³-hybridized carbons (Fsp3) is 0.333. The highest BCUT2D eigenvalue weighted by Gasteiger charge is 2.11. The van der Waals surface area contributed by atoms with Crippen LogP contribution in [0.3, 0.4) is 0 Å². The first-order valence-corrected chi connectivity index (χ1v) is 4.97. The maximum Gasteiger partial charge on any atom is 0.337 e. The lowest BCUT2D eigenvalue weighted by molar-refractivity contribution is -0.142. The van der Waals surface area contributed by atoms with Crippen LogP contribution in [0.25, 0.3) is 0 Å². The van der Waals surface area contributed by atoms with E-state index in [1.165, 1.54) is 21.1 Å². The summed E-state index contributed by atoms with van der Waals surface area (Å²) in [5.74, 6) is -0.333. The van der Waals surface area contributed by atoms with Crippen molar-refractivity contribution in [2.45, 2.75) is 13.5 Å². The number of methoxy groups -OCH3 is 2. The Bertz CT molecular complexity index is 425. The molecule has 0 bridgehead atoms. The van der Waals surface area contributed by atoms with Gasteiger partial charge in [-0.15, -0.1) is 0 Å². The van der Waals surface area contributed by atoms with Gasteiger partial charge in [-0.3, -0.25) is 4.79 Å². The van der Waals surface area contributed by atoms with Crippen LogP contribution in [0.2, 0.25) is 0 Å². The second kappa shape index (κ2) is 5.89. The minimum atomic E-state index is -0.442. The minimum Gasteiger partial charge on any atom is -0.496 e. The number of carbonyl (C=O) groups is 2. The van der Waals surface area contributed by atoms with Crippen LogP contribution in [0.1, 0.15) is 22.8 Å². The first kappa shape index (κ1) is 13.0. The molecule has 0 spiro atoms. The summed E-state index contributed by atoms with van der Waals surface area (Å²) in [5, 5.41) is 0. The molecule has 0 fully saturated rings. The molecule has 0 radical (unpaired) electrons. The van der Waals surface area contributed by atoms with Crippen molar-refractivity contribution in [2.75, 3.05) is 14.2 Å². The van der Waals surface area contributed by atoms with Crippen molar-refractivity contribution in [2.24, 2.45) is 0 Å². The molecule has 0 atom stereocenters. The molecule has 0 N–H and O–H groups in total. The molecular weight excluding hydrogens is 224 g/mol. The Morgan fingerprint density at radius 2 is 1.94 bits per heavy atom. The van der Waals surface area contributed by atoms with E-state index in [2.05, 4.69) is 4.74 Å². The van der Waals surface area contributed by atoms with Crippen LogP contribution in [-0.2, 0) is 20.9 Å². The predicted octanol–water partition coefficient (Wildman–Crippen LogP) is 1.54. The van der Waals surface area contributed by atoms with Gasteiger partial charge < -0.3 is 14.2 Å². The molecule has 0 aromatic heterocycles. The van der Waals surface area contributed by atoms with Crippen molar-refractivity contribution in [3.8, 4) is 5.75 Å². The second-order valence-corrected chi connectivity index (χ2v) is 3.30. The number of hydrogen-bond acceptors (Lipinski definition) is 5. The molecule has 5 nitrogen and oxygen atoms in total. The highest BCUT2D eigenvalue weighted by Crippen LogP contribution is 2.21. The van der Waals surface area contributed by atoms with Crippen LogP contribution >= 0.6 is 0 Å². The quantitative estimate of drug-likeness (QED) is 0.744. The molecule has 1 rings (SSSR count). The average molecular weight is 238 g/mol. The summed E-state index contributed by atoms with van der Waals surface area (Å²) in [6.45, 7) is 1.44. The first-order chi connectivity index (χ1) is 8.08. The van der Waals surface area contributed by atoms with Gasteiger partial charge in [-0.05, 0) is 12.1 Å². The summed E-state index contributed by atoms with van der Waals surface area (Å²) in [6.07, 6.45) is 0. The van der Waals surface area contributed by atoms with Crippen LogP contribution in [-0.4, -0.2) is 26.2 Å². The van der Waals surface area contributed by atoms with Crippen molar-refractivity contribution in [1.29, 1.82) is 0 Å². The van der Waals surface area contributed by atoms with Crippen LogP contribution in [0.15, 0.2) is 18.2 Å². The zero-order valence-corrected chi connectivity index (χ0v) is 9.98. The molecule has 1 aromatic rings. The summed E-state index contributed by atoms with van der Waals surface area (Å²) in [5.41, 5.74) is 1.08. The van der Waals surface area contributed by atoms with E-state index < -0.39 is 5.97 Å². The lowest BCUT2D eigenvalue weighted by Gasteiger charge is -2.09. The third-order valence-electron chi connectivity index (χ3n) is 2.14. The molecule has 0 saturated heterocycles. The zero-order valence-electron chi connectivity index (χ0n) is 9.98. The Hall–Kier alpha value is -2.04. The maximum atomic E-state index is 11.3. The number of rotatable bonds is 4. The van der Waals surface area contributed by atoms with Gasteiger partial charge in [-0.2, -0.15) is 0 Å². The molecular formula is C12H14O5. The van der Waals surface area contributed by atoms with Gasteiger partial charge in [0.15, 0.2) is 0 Å². The molecule has 1 aromatic carbocycles. The van der Waals surface area contributed by atoms with Crippen LogP contribution in [0.4, 0.5) is 0 Å². The fourth-order valence-corrected chi connectivity index (χ4v) is 1.29. The standard InChI is InChI=1S/C12H14O5/c1-8(13)17-7-10-5-4-9(12(14)16-3)6-11(10)15-2/h4-6H,7H2,1-3H3. The molecule has 0 heterocycles. The molecule has 92 valence electrons. The summed E-state index contributed by atoms with van der Waals surface area (Å²) in [4.78, 5) is 22.0. The van der Waals surface area contributed by atoms with E-state index in [-0.39, 0.29) is 12.6 Å². The van der Waals surface area contributed by atoms with Crippen LogP contribution in [0.5, 0.6) is 5.75 Å². The van der Waals surface area contributed by atoms with Crippen LogP contribution in [0, 0.1) is 0 Å². The van der Waals surface area contributed by atoms with E-state index in [1.807, 2.05) is 0 Å². The summed E-state index contributed by atoms with van der Waals surface area (Å²) in [7, 11) is 2.79. The molecule has 0 amide bonds. The van der Waals surface area contributed by atoms with Gasteiger partial charge in [-0.25, -0.2) is 4.79 Å². The van der Waals surface area contributed by atoms with E-state index in [1.54, 1.807) is 18.2 Å².